The summed E-state index contributed by atoms with van der Waals surface area (Å²) in [5, 5.41) is 0. The zero-order valence-corrected chi connectivity index (χ0v) is 13.8. The van der Waals surface area contributed by atoms with E-state index < -0.39 is 15.8 Å². The standard InChI is InChI=1S/C17H18FNO3S/c1-3-22-17-9-8-14(11-15(17)18)23(20,21)19-12(2)10-13-6-4-5-7-16(13)19/h4-9,11-12H,3,10H2,1-2H3. The van der Waals surface area contributed by atoms with Crippen LogP contribution in [0.25, 0.3) is 0 Å². The van der Waals surface area contributed by atoms with Crippen LogP contribution >= 0.6 is 0 Å². The van der Waals surface area contributed by atoms with Crippen LogP contribution in [0.3, 0.4) is 0 Å². The molecule has 1 aliphatic heterocycles. The number of anilines is 1. The quantitative estimate of drug-likeness (QED) is 0.861. The third-order valence-electron chi connectivity index (χ3n) is 3.90. The fourth-order valence-electron chi connectivity index (χ4n) is 2.93. The lowest BCUT2D eigenvalue weighted by molar-refractivity contribution is 0.321. The SMILES string of the molecule is CCOc1ccc(S(=O)(=O)N2c3ccccc3CC2C)cc1F. The molecule has 6 heteroatoms. The van der Waals surface area contributed by atoms with Crippen molar-refractivity contribution in [2.45, 2.75) is 31.2 Å². The van der Waals surface area contributed by atoms with Gasteiger partial charge < -0.3 is 4.74 Å². The Balaban J connectivity index is 2.04. The molecule has 1 unspecified atom stereocenters. The Kier molecular flexibility index (Phi) is 4.02. The van der Waals surface area contributed by atoms with E-state index in [2.05, 4.69) is 0 Å². The van der Waals surface area contributed by atoms with Gasteiger partial charge in [-0.3, -0.25) is 4.31 Å². The number of sulfonamides is 1. The third-order valence-corrected chi connectivity index (χ3v) is 5.83. The lowest BCUT2D eigenvalue weighted by Gasteiger charge is -2.24. The van der Waals surface area contributed by atoms with Crippen LogP contribution in [0.2, 0.25) is 0 Å². The van der Waals surface area contributed by atoms with E-state index in [0.29, 0.717) is 18.7 Å². The van der Waals surface area contributed by atoms with E-state index in [9.17, 15) is 12.8 Å². The molecular formula is C17H18FNO3S. The minimum absolute atomic E-state index is 0.0568. The van der Waals surface area contributed by atoms with E-state index in [1.54, 1.807) is 19.1 Å². The highest BCUT2D eigenvalue weighted by atomic mass is 32.2. The molecule has 2 aromatic carbocycles. The van der Waals surface area contributed by atoms with Gasteiger partial charge in [0.15, 0.2) is 11.6 Å². The molecule has 0 aromatic heterocycles. The van der Waals surface area contributed by atoms with E-state index in [4.69, 9.17) is 4.74 Å². The van der Waals surface area contributed by atoms with Crippen LogP contribution in [0.4, 0.5) is 10.1 Å². The summed E-state index contributed by atoms with van der Waals surface area (Å²) in [6.45, 7) is 3.91. The molecule has 0 aliphatic carbocycles. The molecule has 0 fully saturated rings. The van der Waals surface area contributed by atoms with Gasteiger partial charge in [0.05, 0.1) is 17.2 Å². The van der Waals surface area contributed by atoms with Crippen molar-refractivity contribution in [1.29, 1.82) is 0 Å². The van der Waals surface area contributed by atoms with E-state index >= 15 is 0 Å². The molecule has 0 saturated heterocycles. The number of benzene rings is 2. The smallest absolute Gasteiger partial charge is 0.264 e. The Labute approximate surface area is 135 Å². The number of halogens is 1. The molecule has 23 heavy (non-hydrogen) atoms. The summed E-state index contributed by atoms with van der Waals surface area (Å²) in [7, 11) is -3.82. The highest BCUT2D eigenvalue weighted by Crippen LogP contribution is 2.37. The second-order valence-electron chi connectivity index (χ2n) is 5.51. The van der Waals surface area contributed by atoms with Gasteiger partial charge in [0.25, 0.3) is 10.0 Å². The second-order valence-corrected chi connectivity index (χ2v) is 7.32. The predicted molar refractivity (Wildman–Crippen MR) is 86.8 cm³/mol. The predicted octanol–water partition coefficient (Wildman–Crippen LogP) is 3.36. The summed E-state index contributed by atoms with van der Waals surface area (Å²) in [6.07, 6.45) is 0.648. The van der Waals surface area contributed by atoms with Crippen molar-refractivity contribution in [3.8, 4) is 5.75 Å². The molecule has 0 N–H and O–H groups in total. The maximum atomic E-state index is 14.0. The van der Waals surface area contributed by atoms with Gasteiger partial charge in [0.1, 0.15) is 0 Å². The van der Waals surface area contributed by atoms with E-state index in [-0.39, 0.29) is 16.7 Å². The van der Waals surface area contributed by atoms with Gasteiger partial charge >= 0.3 is 0 Å². The van der Waals surface area contributed by atoms with Crippen LogP contribution in [0, 0.1) is 5.82 Å². The number of hydrogen-bond acceptors (Lipinski definition) is 3. The van der Waals surface area contributed by atoms with Crippen LogP contribution in [-0.2, 0) is 16.4 Å². The first-order chi connectivity index (χ1) is 10.9. The minimum Gasteiger partial charge on any atom is -0.491 e. The van der Waals surface area contributed by atoms with Gasteiger partial charge in [-0.2, -0.15) is 0 Å². The van der Waals surface area contributed by atoms with Crippen LogP contribution < -0.4 is 9.04 Å². The first-order valence-electron chi connectivity index (χ1n) is 7.50. The molecule has 0 saturated carbocycles. The van der Waals surface area contributed by atoms with Crippen molar-refractivity contribution in [3.63, 3.8) is 0 Å². The van der Waals surface area contributed by atoms with Gasteiger partial charge in [0, 0.05) is 6.04 Å². The molecule has 1 heterocycles. The maximum absolute atomic E-state index is 14.0. The van der Waals surface area contributed by atoms with Crippen molar-refractivity contribution in [3.05, 3.63) is 53.8 Å². The molecule has 0 radical (unpaired) electrons. The number of ether oxygens (including phenoxy) is 1. The van der Waals surface area contributed by atoms with Crippen molar-refractivity contribution >= 4 is 15.7 Å². The lowest BCUT2D eigenvalue weighted by Crippen LogP contribution is -2.35. The first kappa shape index (κ1) is 15.8. The normalized spacial score (nSPS) is 17.2. The molecule has 0 spiro atoms. The average Bonchev–Trinajstić information content (AvgIpc) is 2.85. The minimum atomic E-state index is -3.82. The largest absolute Gasteiger partial charge is 0.491 e. The zero-order valence-electron chi connectivity index (χ0n) is 13.0. The van der Waals surface area contributed by atoms with Crippen LogP contribution in [-0.4, -0.2) is 21.1 Å². The number of hydrogen-bond donors (Lipinski definition) is 0. The second kappa shape index (κ2) is 5.85. The Hall–Kier alpha value is -2.08. The molecule has 0 amide bonds. The summed E-state index contributed by atoms with van der Waals surface area (Å²) in [5.74, 6) is -0.616. The van der Waals surface area contributed by atoms with Crippen molar-refractivity contribution < 1.29 is 17.5 Å². The van der Waals surface area contributed by atoms with E-state index in [1.807, 2.05) is 19.1 Å². The fourth-order valence-corrected chi connectivity index (χ4v) is 4.64. The van der Waals surface area contributed by atoms with Crippen LogP contribution in [0.1, 0.15) is 19.4 Å². The molecule has 3 rings (SSSR count). The summed E-state index contributed by atoms with van der Waals surface area (Å²) in [6, 6.07) is 11.0. The number of nitrogens with zero attached hydrogens (tertiary/aromatic N) is 1. The molecule has 1 aliphatic rings. The van der Waals surface area contributed by atoms with Crippen LogP contribution in [0.5, 0.6) is 5.75 Å². The fraction of sp³-hybridized carbons (Fsp3) is 0.294. The highest BCUT2D eigenvalue weighted by Gasteiger charge is 2.36. The molecular weight excluding hydrogens is 317 g/mol. The van der Waals surface area contributed by atoms with Gasteiger partial charge in [-0.25, -0.2) is 12.8 Å². The van der Waals surface area contributed by atoms with Gasteiger partial charge in [0.2, 0.25) is 0 Å². The topological polar surface area (TPSA) is 46.6 Å². The summed E-state index contributed by atoms with van der Waals surface area (Å²) in [4.78, 5) is -0.0676. The molecule has 0 bridgehead atoms. The average molecular weight is 335 g/mol. The molecule has 122 valence electrons. The molecule has 1 atom stereocenters. The number of rotatable bonds is 4. The van der Waals surface area contributed by atoms with Crippen molar-refractivity contribution in [1.82, 2.24) is 0 Å². The molecule has 4 nitrogen and oxygen atoms in total. The van der Waals surface area contributed by atoms with Crippen LogP contribution in [0.15, 0.2) is 47.4 Å². The highest BCUT2D eigenvalue weighted by molar-refractivity contribution is 7.92. The van der Waals surface area contributed by atoms with Gasteiger partial charge in [-0.15, -0.1) is 0 Å². The summed E-state index contributed by atoms with van der Waals surface area (Å²) < 4.78 is 46.4. The summed E-state index contributed by atoms with van der Waals surface area (Å²) >= 11 is 0. The van der Waals surface area contributed by atoms with E-state index in [1.165, 1.54) is 16.4 Å². The van der Waals surface area contributed by atoms with E-state index in [0.717, 1.165) is 11.6 Å². The Morgan fingerprint density at radius 3 is 2.70 bits per heavy atom. The first-order valence-corrected chi connectivity index (χ1v) is 8.94. The molecule has 2 aromatic rings. The lowest BCUT2D eigenvalue weighted by atomic mass is 10.1. The maximum Gasteiger partial charge on any atom is 0.264 e. The van der Waals surface area contributed by atoms with Gasteiger partial charge in [-0.05, 0) is 50.1 Å². The Morgan fingerprint density at radius 1 is 1.26 bits per heavy atom. The Bertz CT molecular complexity index is 835. The monoisotopic (exact) mass is 335 g/mol. The van der Waals surface area contributed by atoms with Crippen molar-refractivity contribution in [2.75, 3.05) is 10.9 Å². The summed E-state index contributed by atoms with van der Waals surface area (Å²) in [5.41, 5.74) is 1.64. The van der Waals surface area contributed by atoms with Gasteiger partial charge in [-0.1, -0.05) is 18.2 Å². The third kappa shape index (κ3) is 2.67. The van der Waals surface area contributed by atoms with Crippen molar-refractivity contribution in [2.24, 2.45) is 0 Å². The number of para-hydroxylation sites is 1. The zero-order chi connectivity index (χ0) is 16.6. The number of fused-ring (bicyclic) bond motifs is 1. The Morgan fingerprint density at radius 2 is 2.00 bits per heavy atom.